The second-order valence-corrected chi connectivity index (χ2v) is 7.04. The van der Waals surface area contributed by atoms with Gasteiger partial charge in [0.2, 0.25) is 0 Å². The molecular weight excluding hydrogens is 232 g/mol. The molecule has 1 saturated heterocycles. The van der Waals surface area contributed by atoms with Gasteiger partial charge in [0.15, 0.2) is 0 Å². The predicted molar refractivity (Wildman–Crippen MR) is 83.5 cm³/mol. The number of hydrogen-bond donors (Lipinski definition) is 1. The van der Waals surface area contributed by atoms with Crippen molar-refractivity contribution in [1.82, 2.24) is 10.2 Å². The van der Waals surface area contributed by atoms with E-state index >= 15 is 0 Å². The van der Waals surface area contributed by atoms with Gasteiger partial charge in [0.1, 0.15) is 0 Å². The topological polar surface area (TPSA) is 15.3 Å². The molecule has 2 aliphatic rings. The summed E-state index contributed by atoms with van der Waals surface area (Å²) in [4.78, 5) is 2.80. The molecule has 2 fully saturated rings. The minimum Gasteiger partial charge on any atom is -0.314 e. The molecule has 0 bridgehead atoms. The fraction of sp³-hybridized carbons (Fsp3) is 1.00. The molecule has 112 valence electrons. The van der Waals surface area contributed by atoms with Crippen molar-refractivity contribution in [3.8, 4) is 0 Å². The number of nitrogens with zero attached hydrogens (tertiary/aromatic N) is 1. The molecule has 2 rings (SSSR count). The van der Waals surface area contributed by atoms with Crippen LogP contribution in [0.5, 0.6) is 0 Å². The van der Waals surface area contributed by atoms with Gasteiger partial charge in [-0.1, -0.05) is 26.7 Å². The molecule has 3 atom stereocenters. The Morgan fingerprint density at radius 1 is 1.16 bits per heavy atom. The first-order chi connectivity index (χ1) is 9.20. The third kappa shape index (κ3) is 4.46. The molecule has 1 N–H and O–H groups in total. The van der Waals surface area contributed by atoms with Crippen LogP contribution in [0, 0.1) is 11.8 Å². The van der Waals surface area contributed by atoms with Gasteiger partial charge in [-0.2, -0.15) is 0 Å². The summed E-state index contributed by atoms with van der Waals surface area (Å²) < 4.78 is 0. The van der Waals surface area contributed by atoms with E-state index in [2.05, 4.69) is 31.0 Å². The highest BCUT2D eigenvalue weighted by atomic mass is 15.2. The zero-order valence-corrected chi connectivity index (χ0v) is 13.3. The third-order valence-electron chi connectivity index (χ3n) is 5.42. The number of nitrogens with one attached hydrogen (secondary N) is 1. The van der Waals surface area contributed by atoms with Crippen LogP contribution in [-0.4, -0.2) is 36.6 Å². The molecule has 1 aliphatic carbocycles. The Morgan fingerprint density at radius 3 is 2.53 bits per heavy atom. The average Bonchev–Trinajstić information content (AvgIpc) is 2.45. The number of hydrogen-bond acceptors (Lipinski definition) is 2. The Morgan fingerprint density at radius 2 is 1.89 bits per heavy atom. The summed E-state index contributed by atoms with van der Waals surface area (Å²) in [5, 5.41) is 3.68. The minimum atomic E-state index is 0.715. The van der Waals surface area contributed by atoms with Crippen LogP contribution in [0.25, 0.3) is 0 Å². The first-order valence-electron chi connectivity index (χ1n) is 8.68. The lowest BCUT2D eigenvalue weighted by Gasteiger charge is -2.42. The van der Waals surface area contributed by atoms with E-state index < -0.39 is 0 Å². The summed E-state index contributed by atoms with van der Waals surface area (Å²) in [6.45, 7) is 11.0. The van der Waals surface area contributed by atoms with E-state index in [4.69, 9.17) is 0 Å². The second-order valence-electron chi connectivity index (χ2n) is 7.04. The number of piperidine rings is 1. The minimum absolute atomic E-state index is 0.715. The SMILES string of the molecule is CCCNC(C)C1CCN(C2CCCC(C)C2)CC1. The summed E-state index contributed by atoms with van der Waals surface area (Å²) in [6, 6.07) is 1.62. The van der Waals surface area contributed by atoms with Gasteiger partial charge in [0.25, 0.3) is 0 Å². The van der Waals surface area contributed by atoms with Gasteiger partial charge >= 0.3 is 0 Å². The van der Waals surface area contributed by atoms with Crippen LogP contribution in [0.4, 0.5) is 0 Å². The van der Waals surface area contributed by atoms with Gasteiger partial charge in [-0.25, -0.2) is 0 Å². The monoisotopic (exact) mass is 266 g/mol. The molecule has 1 heterocycles. The maximum absolute atomic E-state index is 3.68. The average molecular weight is 266 g/mol. The number of likely N-dealkylation sites (tertiary alicyclic amines) is 1. The van der Waals surface area contributed by atoms with Crippen molar-refractivity contribution in [3.05, 3.63) is 0 Å². The van der Waals surface area contributed by atoms with Crippen LogP contribution in [0.3, 0.4) is 0 Å². The Hall–Kier alpha value is -0.0800. The lowest BCUT2D eigenvalue weighted by Crippen LogP contribution is -2.47. The first kappa shape index (κ1) is 15.3. The zero-order valence-electron chi connectivity index (χ0n) is 13.3. The highest BCUT2D eigenvalue weighted by Crippen LogP contribution is 2.30. The fourth-order valence-corrected chi connectivity index (χ4v) is 4.06. The Kier molecular flexibility index (Phi) is 6.15. The largest absolute Gasteiger partial charge is 0.314 e. The van der Waals surface area contributed by atoms with Gasteiger partial charge in [0, 0.05) is 12.1 Å². The quantitative estimate of drug-likeness (QED) is 0.817. The van der Waals surface area contributed by atoms with E-state index in [0.29, 0.717) is 6.04 Å². The predicted octanol–water partition coefficient (Wildman–Crippen LogP) is 3.67. The van der Waals surface area contributed by atoms with E-state index in [1.54, 1.807) is 0 Å². The molecule has 0 amide bonds. The highest BCUT2D eigenvalue weighted by molar-refractivity contribution is 4.85. The van der Waals surface area contributed by atoms with Gasteiger partial charge in [-0.15, -0.1) is 0 Å². The van der Waals surface area contributed by atoms with Gasteiger partial charge < -0.3 is 10.2 Å². The molecule has 2 heteroatoms. The molecule has 2 nitrogen and oxygen atoms in total. The molecule has 0 spiro atoms. The van der Waals surface area contributed by atoms with Crippen molar-refractivity contribution >= 4 is 0 Å². The lowest BCUT2D eigenvalue weighted by atomic mass is 9.83. The summed E-state index contributed by atoms with van der Waals surface area (Å²) in [5.74, 6) is 1.87. The normalized spacial score (nSPS) is 32.4. The lowest BCUT2D eigenvalue weighted by molar-refractivity contribution is 0.0843. The summed E-state index contributed by atoms with van der Waals surface area (Å²) in [5.41, 5.74) is 0. The summed E-state index contributed by atoms with van der Waals surface area (Å²) in [6.07, 6.45) is 9.90. The fourth-order valence-electron chi connectivity index (χ4n) is 4.06. The van der Waals surface area contributed by atoms with Crippen molar-refractivity contribution in [1.29, 1.82) is 0 Å². The van der Waals surface area contributed by atoms with Crippen molar-refractivity contribution in [3.63, 3.8) is 0 Å². The van der Waals surface area contributed by atoms with E-state index in [0.717, 1.165) is 17.9 Å². The summed E-state index contributed by atoms with van der Waals surface area (Å²) >= 11 is 0. The molecule has 0 aromatic rings. The Labute approximate surface area is 120 Å². The first-order valence-corrected chi connectivity index (χ1v) is 8.68. The number of rotatable bonds is 5. The molecule has 1 aliphatic heterocycles. The van der Waals surface area contributed by atoms with Crippen molar-refractivity contribution in [2.24, 2.45) is 11.8 Å². The van der Waals surface area contributed by atoms with Crippen molar-refractivity contribution in [2.75, 3.05) is 19.6 Å². The van der Waals surface area contributed by atoms with Crippen LogP contribution < -0.4 is 5.32 Å². The van der Waals surface area contributed by atoms with Crippen LogP contribution in [0.1, 0.15) is 65.7 Å². The van der Waals surface area contributed by atoms with E-state index in [-0.39, 0.29) is 0 Å². The van der Waals surface area contributed by atoms with Gasteiger partial charge in [-0.3, -0.25) is 0 Å². The van der Waals surface area contributed by atoms with Gasteiger partial charge in [0.05, 0.1) is 0 Å². The van der Waals surface area contributed by atoms with E-state index in [1.807, 2.05) is 0 Å². The smallest absolute Gasteiger partial charge is 0.00977 e. The van der Waals surface area contributed by atoms with Crippen molar-refractivity contribution < 1.29 is 0 Å². The maximum atomic E-state index is 3.68. The molecule has 1 saturated carbocycles. The molecular formula is C17H34N2. The maximum Gasteiger partial charge on any atom is 0.00977 e. The molecule has 0 radical (unpaired) electrons. The summed E-state index contributed by atoms with van der Waals surface area (Å²) in [7, 11) is 0. The van der Waals surface area contributed by atoms with E-state index in [1.165, 1.54) is 64.6 Å². The third-order valence-corrected chi connectivity index (χ3v) is 5.42. The van der Waals surface area contributed by atoms with E-state index in [9.17, 15) is 0 Å². The Balaban J connectivity index is 1.72. The second kappa shape index (κ2) is 7.64. The van der Waals surface area contributed by atoms with Crippen LogP contribution in [0.15, 0.2) is 0 Å². The zero-order chi connectivity index (χ0) is 13.7. The molecule has 3 unspecified atom stereocenters. The Bertz CT molecular complexity index is 246. The molecule has 19 heavy (non-hydrogen) atoms. The standard InChI is InChI=1S/C17H34N2/c1-4-10-18-15(3)16-8-11-19(12-9-16)17-7-5-6-14(2)13-17/h14-18H,4-13H2,1-3H3. The van der Waals surface area contributed by atoms with Gasteiger partial charge in [-0.05, 0) is 70.5 Å². The van der Waals surface area contributed by atoms with Crippen molar-refractivity contribution in [2.45, 2.75) is 77.8 Å². The van der Waals surface area contributed by atoms with Crippen LogP contribution >= 0.6 is 0 Å². The molecule has 0 aromatic heterocycles. The van der Waals surface area contributed by atoms with Crippen LogP contribution in [-0.2, 0) is 0 Å². The highest BCUT2D eigenvalue weighted by Gasteiger charge is 2.29. The van der Waals surface area contributed by atoms with Crippen LogP contribution in [0.2, 0.25) is 0 Å². The molecule has 0 aromatic carbocycles.